The number of benzene rings is 1. The van der Waals surface area contributed by atoms with Crippen LogP contribution >= 0.6 is 11.6 Å². The van der Waals surface area contributed by atoms with Gasteiger partial charge in [-0.1, -0.05) is 30.7 Å². The van der Waals surface area contributed by atoms with E-state index in [1.54, 1.807) is 13.2 Å². The third-order valence-corrected chi connectivity index (χ3v) is 3.19. The first kappa shape index (κ1) is 14.3. The molecule has 0 aliphatic rings. The molecule has 0 aliphatic carbocycles. The van der Waals surface area contributed by atoms with Crippen LogP contribution in [0.2, 0.25) is 5.02 Å². The third-order valence-electron chi connectivity index (χ3n) is 2.88. The first-order valence-electron chi connectivity index (χ1n) is 5.79. The van der Waals surface area contributed by atoms with Gasteiger partial charge in [-0.05, 0) is 19.5 Å². The first-order valence-corrected chi connectivity index (χ1v) is 6.17. The van der Waals surface area contributed by atoms with Gasteiger partial charge in [0.25, 0.3) is 0 Å². The van der Waals surface area contributed by atoms with Gasteiger partial charge < -0.3 is 9.84 Å². The lowest BCUT2D eigenvalue weighted by atomic mass is 10.1. The van der Waals surface area contributed by atoms with E-state index in [1.807, 2.05) is 12.1 Å². The second-order valence-corrected chi connectivity index (χ2v) is 4.52. The van der Waals surface area contributed by atoms with Crippen molar-refractivity contribution in [3.8, 4) is 5.75 Å². The van der Waals surface area contributed by atoms with E-state index < -0.39 is 0 Å². The van der Waals surface area contributed by atoms with Gasteiger partial charge in [-0.15, -0.1) is 0 Å². The topological polar surface area (TPSA) is 32.7 Å². The van der Waals surface area contributed by atoms with E-state index in [1.165, 1.54) is 0 Å². The van der Waals surface area contributed by atoms with Crippen LogP contribution in [0.15, 0.2) is 18.2 Å². The number of hydrogen-bond acceptors (Lipinski definition) is 3. The lowest BCUT2D eigenvalue weighted by molar-refractivity contribution is 0.0977. The van der Waals surface area contributed by atoms with Gasteiger partial charge in [0.05, 0.1) is 11.6 Å². The van der Waals surface area contributed by atoms with Crippen molar-refractivity contribution >= 4 is 11.6 Å². The Hall–Kier alpha value is -0.770. The highest BCUT2D eigenvalue weighted by molar-refractivity contribution is 6.32. The molecule has 17 heavy (non-hydrogen) atoms. The van der Waals surface area contributed by atoms with E-state index in [0.29, 0.717) is 24.2 Å². The van der Waals surface area contributed by atoms with Crippen LogP contribution in [0.25, 0.3) is 0 Å². The number of hydrogen-bond donors (Lipinski definition) is 1. The molecule has 0 radical (unpaired) electrons. The van der Waals surface area contributed by atoms with Gasteiger partial charge in [0.15, 0.2) is 0 Å². The largest absolute Gasteiger partial charge is 0.506 e. The number of ether oxygens (including phenoxy) is 1. The second-order valence-electron chi connectivity index (χ2n) is 4.12. The Balaban J connectivity index is 2.77. The van der Waals surface area contributed by atoms with Gasteiger partial charge in [-0.2, -0.15) is 0 Å². The second kappa shape index (κ2) is 6.84. The van der Waals surface area contributed by atoms with Gasteiger partial charge in [0.1, 0.15) is 5.75 Å². The van der Waals surface area contributed by atoms with Crippen LogP contribution in [0.5, 0.6) is 5.75 Å². The van der Waals surface area contributed by atoms with E-state index >= 15 is 0 Å². The standard InChI is InChI=1S/C13H20ClNO2/c1-4-15(10(2)9-17-3)8-11-6-5-7-12(14)13(11)16/h5-7,10,16H,4,8-9H2,1-3H3. The number of halogens is 1. The van der Waals surface area contributed by atoms with E-state index in [-0.39, 0.29) is 5.75 Å². The number of methoxy groups -OCH3 is 1. The number of nitrogens with zero attached hydrogens (tertiary/aromatic N) is 1. The maximum atomic E-state index is 9.86. The Bertz CT molecular complexity index is 357. The summed E-state index contributed by atoms with van der Waals surface area (Å²) in [5, 5.41) is 10.3. The molecule has 1 atom stereocenters. The fourth-order valence-electron chi connectivity index (χ4n) is 1.83. The smallest absolute Gasteiger partial charge is 0.138 e. The highest BCUT2D eigenvalue weighted by atomic mass is 35.5. The molecule has 0 aromatic heterocycles. The van der Waals surface area contributed by atoms with Crippen molar-refractivity contribution < 1.29 is 9.84 Å². The van der Waals surface area contributed by atoms with E-state index in [4.69, 9.17) is 16.3 Å². The van der Waals surface area contributed by atoms with Crippen LogP contribution in [0, 0.1) is 0 Å². The van der Waals surface area contributed by atoms with Crippen molar-refractivity contribution in [1.82, 2.24) is 4.90 Å². The minimum atomic E-state index is 0.178. The average Bonchev–Trinajstić information content (AvgIpc) is 2.31. The monoisotopic (exact) mass is 257 g/mol. The Morgan fingerprint density at radius 3 is 2.76 bits per heavy atom. The fourth-order valence-corrected chi connectivity index (χ4v) is 2.03. The van der Waals surface area contributed by atoms with E-state index in [0.717, 1.165) is 12.1 Å². The Kier molecular flexibility index (Phi) is 5.75. The molecule has 0 saturated heterocycles. The SMILES string of the molecule is CCN(Cc1cccc(Cl)c1O)C(C)COC. The van der Waals surface area contributed by atoms with E-state index in [9.17, 15) is 5.11 Å². The molecule has 4 heteroatoms. The first-order chi connectivity index (χ1) is 8.10. The zero-order chi connectivity index (χ0) is 12.8. The predicted octanol–water partition coefficient (Wildman–Crippen LogP) is 2.90. The Labute approximate surface area is 108 Å². The van der Waals surface area contributed by atoms with Crippen LogP contribution in [0.3, 0.4) is 0 Å². The number of para-hydroxylation sites is 1. The van der Waals surface area contributed by atoms with Crippen molar-refractivity contribution in [2.45, 2.75) is 26.4 Å². The number of phenols is 1. The maximum absolute atomic E-state index is 9.86. The molecule has 0 bridgehead atoms. The van der Waals surface area contributed by atoms with Crippen molar-refractivity contribution in [2.24, 2.45) is 0 Å². The van der Waals surface area contributed by atoms with Gasteiger partial charge in [0, 0.05) is 25.3 Å². The normalized spacial score (nSPS) is 13.0. The molecule has 1 rings (SSSR count). The lowest BCUT2D eigenvalue weighted by Crippen LogP contribution is -2.35. The lowest BCUT2D eigenvalue weighted by Gasteiger charge is -2.27. The van der Waals surface area contributed by atoms with Crippen LogP contribution < -0.4 is 0 Å². The zero-order valence-electron chi connectivity index (χ0n) is 10.6. The molecule has 1 aromatic rings. The minimum absolute atomic E-state index is 0.178. The molecule has 0 heterocycles. The summed E-state index contributed by atoms with van der Waals surface area (Å²) in [4.78, 5) is 2.23. The van der Waals surface area contributed by atoms with Crippen LogP contribution in [0.1, 0.15) is 19.4 Å². The van der Waals surface area contributed by atoms with Crippen molar-refractivity contribution in [3.63, 3.8) is 0 Å². The molecule has 0 saturated carbocycles. The minimum Gasteiger partial charge on any atom is -0.506 e. The van der Waals surface area contributed by atoms with Crippen LogP contribution in [0.4, 0.5) is 0 Å². The Morgan fingerprint density at radius 1 is 1.47 bits per heavy atom. The molecule has 1 aromatic carbocycles. The summed E-state index contributed by atoms with van der Waals surface area (Å²) in [7, 11) is 1.70. The van der Waals surface area contributed by atoms with Crippen molar-refractivity contribution in [1.29, 1.82) is 0 Å². The van der Waals surface area contributed by atoms with E-state index in [2.05, 4.69) is 18.7 Å². The highest BCUT2D eigenvalue weighted by Gasteiger charge is 2.14. The molecular formula is C13H20ClNO2. The van der Waals surface area contributed by atoms with Crippen molar-refractivity contribution in [2.75, 3.05) is 20.3 Å². The number of aromatic hydroxyl groups is 1. The highest BCUT2D eigenvalue weighted by Crippen LogP contribution is 2.28. The molecule has 0 spiro atoms. The van der Waals surface area contributed by atoms with Gasteiger partial charge >= 0.3 is 0 Å². The maximum Gasteiger partial charge on any atom is 0.138 e. The summed E-state index contributed by atoms with van der Waals surface area (Å²) < 4.78 is 5.15. The third kappa shape index (κ3) is 3.87. The summed E-state index contributed by atoms with van der Waals surface area (Å²) >= 11 is 5.89. The van der Waals surface area contributed by atoms with Crippen molar-refractivity contribution in [3.05, 3.63) is 28.8 Å². The molecule has 1 unspecified atom stereocenters. The zero-order valence-corrected chi connectivity index (χ0v) is 11.4. The molecule has 3 nitrogen and oxygen atoms in total. The summed E-state index contributed by atoms with van der Waals surface area (Å²) in [5.74, 6) is 0.178. The summed E-state index contributed by atoms with van der Waals surface area (Å²) in [6.45, 7) is 6.45. The molecule has 0 aliphatic heterocycles. The predicted molar refractivity (Wildman–Crippen MR) is 70.5 cm³/mol. The summed E-state index contributed by atoms with van der Waals surface area (Å²) in [6, 6.07) is 5.74. The molecular weight excluding hydrogens is 238 g/mol. The van der Waals surface area contributed by atoms with Crippen LogP contribution in [-0.4, -0.2) is 36.3 Å². The van der Waals surface area contributed by atoms with Crippen LogP contribution in [-0.2, 0) is 11.3 Å². The van der Waals surface area contributed by atoms with Gasteiger partial charge in [-0.3, -0.25) is 4.90 Å². The quantitative estimate of drug-likeness (QED) is 0.851. The van der Waals surface area contributed by atoms with Gasteiger partial charge in [-0.25, -0.2) is 0 Å². The molecule has 0 fully saturated rings. The summed E-state index contributed by atoms with van der Waals surface area (Å²) in [5.41, 5.74) is 0.849. The summed E-state index contributed by atoms with van der Waals surface area (Å²) in [6.07, 6.45) is 0. The number of phenolic OH excluding ortho intramolecular Hbond substituents is 1. The van der Waals surface area contributed by atoms with Gasteiger partial charge in [0.2, 0.25) is 0 Å². The Morgan fingerprint density at radius 2 is 2.18 bits per heavy atom. The molecule has 0 amide bonds. The molecule has 1 N–H and O–H groups in total. The average molecular weight is 258 g/mol. The number of likely N-dealkylation sites (N-methyl/N-ethyl adjacent to an activating group) is 1. The molecule has 96 valence electrons. The fraction of sp³-hybridized carbons (Fsp3) is 0.538. The number of rotatable bonds is 6.